The van der Waals surface area contributed by atoms with Gasteiger partial charge in [-0.2, -0.15) is 0 Å². The second-order valence-corrected chi connectivity index (χ2v) is 4.31. The highest BCUT2D eigenvalue weighted by Gasteiger charge is 2.12. The number of non-ortho nitro benzene ring substituents is 1. The van der Waals surface area contributed by atoms with E-state index in [9.17, 15) is 14.5 Å². The molecule has 0 unspecified atom stereocenters. The van der Waals surface area contributed by atoms with Gasteiger partial charge in [0.15, 0.2) is 0 Å². The van der Waals surface area contributed by atoms with E-state index >= 15 is 0 Å². The largest absolute Gasteiger partial charge is 0.455 e. The maximum atomic E-state index is 12.9. The quantitative estimate of drug-likeness (QED) is 0.677. The molecule has 0 aromatic heterocycles. The van der Waals surface area contributed by atoms with Gasteiger partial charge in [-0.15, -0.1) is 0 Å². The third-order valence-electron chi connectivity index (χ3n) is 2.51. The molecule has 0 saturated carbocycles. The first-order chi connectivity index (χ1) is 9.49. The summed E-state index contributed by atoms with van der Waals surface area (Å²) in [6.45, 7) is 0. The highest BCUT2D eigenvalue weighted by molar-refractivity contribution is 6.32. The molecule has 0 bridgehead atoms. The van der Waals surface area contributed by atoms with Crippen LogP contribution in [0.5, 0.6) is 11.5 Å². The molecular weight excluding hydrogens is 287 g/mol. The van der Waals surface area contributed by atoms with Crippen molar-refractivity contribution in [3.8, 4) is 11.5 Å². The summed E-state index contributed by atoms with van der Waals surface area (Å²) in [7, 11) is 1.63. The molecule has 0 saturated heterocycles. The Balaban J connectivity index is 2.37. The zero-order valence-corrected chi connectivity index (χ0v) is 11.1. The number of nitrogens with zero attached hydrogens (tertiary/aromatic N) is 1. The topological polar surface area (TPSA) is 64.4 Å². The van der Waals surface area contributed by atoms with Crippen LogP contribution in [0.2, 0.25) is 5.02 Å². The van der Waals surface area contributed by atoms with Gasteiger partial charge in [0.2, 0.25) is 0 Å². The van der Waals surface area contributed by atoms with Crippen molar-refractivity contribution in [3.05, 3.63) is 57.4 Å². The third-order valence-corrected chi connectivity index (χ3v) is 2.81. The average molecular weight is 297 g/mol. The molecular formula is C13H10ClFN2O3. The molecule has 0 aliphatic heterocycles. The van der Waals surface area contributed by atoms with Crippen molar-refractivity contribution in [2.24, 2.45) is 0 Å². The fraction of sp³-hybridized carbons (Fsp3) is 0.0769. The SMILES string of the molecule is CNc1cc(Oc2ccc(F)cc2Cl)cc([N+](=O)[O-])c1. The van der Waals surface area contributed by atoms with Gasteiger partial charge in [0.25, 0.3) is 5.69 Å². The molecule has 0 atom stereocenters. The standard InChI is InChI=1S/C13H10ClFN2O3/c1-16-9-5-10(17(18)19)7-11(6-9)20-13-3-2-8(15)4-12(13)14/h2-7,16H,1H3. The number of hydrogen-bond donors (Lipinski definition) is 1. The summed E-state index contributed by atoms with van der Waals surface area (Å²) in [5.74, 6) is -0.0371. The van der Waals surface area contributed by atoms with Crippen LogP contribution < -0.4 is 10.1 Å². The van der Waals surface area contributed by atoms with Crippen molar-refractivity contribution in [2.75, 3.05) is 12.4 Å². The van der Waals surface area contributed by atoms with Gasteiger partial charge in [-0.3, -0.25) is 10.1 Å². The number of anilines is 1. The van der Waals surface area contributed by atoms with Crippen molar-refractivity contribution >= 4 is 23.0 Å². The third kappa shape index (κ3) is 3.16. The Bertz CT molecular complexity index is 664. The van der Waals surface area contributed by atoms with Gasteiger partial charge in [0.05, 0.1) is 16.0 Å². The molecule has 0 radical (unpaired) electrons. The van der Waals surface area contributed by atoms with Crippen LogP contribution in [0.1, 0.15) is 0 Å². The summed E-state index contributed by atoms with van der Waals surface area (Å²) in [5, 5.41) is 13.7. The Morgan fingerprint density at radius 1 is 1.30 bits per heavy atom. The van der Waals surface area contributed by atoms with Gasteiger partial charge in [0.1, 0.15) is 17.3 Å². The Kier molecular flexibility index (Phi) is 4.05. The Hall–Kier alpha value is -2.34. The van der Waals surface area contributed by atoms with E-state index in [4.69, 9.17) is 16.3 Å². The molecule has 2 aromatic rings. The van der Waals surface area contributed by atoms with E-state index in [0.29, 0.717) is 5.69 Å². The van der Waals surface area contributed by atoms with Gasteiger partial charge in [0, 0.05) is 24.9 Å². The van der Waals surface area contributed by atoms with Crippen LogP contribution in [0.4, 0.5) is 15.8 Å². The van der Waals surface area contributed by atoms with Crippen LogP contribution in [0, 0.1) is 15.9 Å². The molecule has 0 amide bonds. The summed E-state index contributed by atoms with van der Waals surface area (Å²) in [4.78, 5) is 10.3. The van der Waals surface area contributed by atoms with Crippen molar-refractivity contribution in [1.29, 1.82) is 0 Å². The van der Waals surface area contributed by atoms with Crippen LogP contribution in [-0.2, 0) is 0 Å². The molecule has 7 heteroatoms. The molecule has 0 aliphatic carbocycles. The van der Waals surface area contributed by atoms with Gasteiger partial charge in [-0.25, -0.2) is 4.39 Å². The fourth-order valence-electron chi connectivity index (χ4n) is 1.58. The lowest BCUT2D eigenvalue weighted by atomic mass is 10.2. The molecule has 104 valence electrons. The number of nitro groups is 1. The number of benzene rings is 2. The van der Waals surface area contributed by atoms with E-state index < -0.39 is 10.7 Å². The summed E-state index contributed by atoms with van der Waals surface area (Å²) < 4.78 is 18.4. The molecule has 1 N–H and O–H groups in total. The van der Waals surface area contributed by atoms with Gasteiger partial charge >= 0.3 is 0 Å². The Labute approximate surface area is 119 Å². The van der Waals surface area contributed by atoms with Crippen LogP contribution in [0.3, 0.4) is 0 Å². The normalized spacial score (nSPS) is 10.2. The molecule has 2 rings (SSSR count). The van der Waals surface area contributed by atoms with Crippen LogP contribution >= 0.6 is 11.6 Å². The molecule has 0 spiro atoms. The first kappa shape index (κ1) is 14.1. The smallest absolute Gasteiger partial charge is 0.275 e. The van der Waals surface area contributed by atoms with Crippen molar-refractivity contribution in [2.45, 2.75) is 0 Å². The van der Waals surface area contributed by atoms with Crippen LogP contribution in [0.25, 0.3) is 0 Å². The van der Waals surface area contributed by atoms with E-state index in [-0.39, 0.29) is 22.2 Å². The Morgan fingerprint density at radius 3 is 2.65 bits per heavy atom. The number of halogens is 2. The fourth-order valence-corrected chi connectivity index (χ4v) is 1.78. The molecule has 20 heavy (non-hydrogen) atoms. The zero-order valence-electron chi connectivity index (χ0n) is 10.4. The first-order valence-corrected chi connectivity index (χ1v) is 5.97. The lowest BCUT2D eigenvalue weighted by molar-refractivity contribution is -0.384. The summed E-state index contributed by atoms with van der Waals surface area (Å²) in [6, 6.07) is 7.87. The average Bonchev–Trinajstić information content (AvgIpc) is 2.41. The van der Waals surface area contributed by atoms with E-state index in [1.165, 1.54) is 24.3 Å². The first-order valence-electron chi connectivity index (χ1n) is 5.60. The van der Waals surface area contributed by atoms with E-state index in [2.05, 4.69) is 5.32 Å². The maximum absolute atomic E-state index is 12.9. The van der Waals surface area contributed by atoms with Gasteiger partial charge in [-0.05, 0) is 18.2 Å². The number of ether oxygens (including phenoxy) is 1. The van der Waals surface area contributed by atoms with Crippen molar-refractivity contribution in [1.82, 2.24) is 0 Å². The highest BCUT2D eigenvalue weighted by Crippen LogP contribution is 2.33. The van der Waals surface area contributed by atoms with Gasteiger partial charge in [-0.1, -0.05) is 11.6 Å². The van der Waals surface area contributed by atoms with Crippen molar-refractivity contribution < 1.29 is 14.1 Å². The molecule has 0 aliphatic rings. The van der Waals surface area contributed by atoms with E-state index in [1.807, 2.05) is 0 Å². The molecule has 0 fully saturated rings. The monoisotopic (exact) mass is 296 g/mol. The van der Waals surface area contributed by atoms with Crippen molar-refractivity contribution in [3.63, 3.8) is 0 Å². The minimum absolute atomic E-state index is 0.0857. The number of nitrogens with one attached hydrogen (secondary N) is 1. The molecule has 5 nitrogen and oxygen atoms in total. The predicted octanol–water partition coefficient (Wildman–Crippen LogP) is 4.22. The minimum Gasteiger partial charge on any atom is -0.455 e. The minimum atomic E-state index is -0.528. The number of rotatable bonds is 4. The van der Waals surface area contributed by atoms with Crippen LogP contribution in [0.15, 0.2) is 36.4 Å². The Morgan fingerprint density at radius 2 is 2.05 bits per heavy atom. The molecule has 0 heterocycles. The second kappa shape index (κ2) is 5.75. The summed E-state index contributed by atoms with van der Waals surface area (Å²) in [5.41, 5.74) is 0.400. The number of nitro benzene ring substituents is 1. The highest BCUT2D eigenvalue weighted by atomic mass is 35.5. The maximum Gasteiger partial charge on any atom is 0.275 e. The van der Waals surface area contributed by atoms with Gasteiger partial charge < -0.3 is 10.1 Å². The predicted molar refractivity (Wildman–Crippen MR) is 74.1 cm³/mol. The van der Waals surface area contributed by atoms with Crippen LogP contribution in [-0.4, -0.2) is 12.0 Å². The summed E-state index contributed by atoms with van der Waals surface area (Å²) in [6.07, 6.45) is 0. The molecule has 2 aromatic carbocycles. The zero-order chi connectivity index (χ0) is 14.7. The second-order valence-electron chi connectivity index (χ2n) is 3.90. The number of hydrogen-bond acceptors (Lipinski definition) is 4. The lowest BCUT2D eigenvalue weighted by Crippen LogP contribution is -1.94. The summed E-state index contributed by atoms with van der Waals surface area (Å²) >= 11 is 5.84. The lowest BCUT2D eigenvalue weighted by Gasteiger charge is -2.09. The van der Waals surface area contributed by atoms with E-state index in [0.717, 1.165) is 6.07 Å². The van der Waals surface area contributed by atoms with E-state index in [1.54, 1.807) is 13.1 Å².